The topological polar surface area (TPSA) is 42.4 Å². The number of anilines is 3. The van der Waals surface area contributed by atoms with Gasteiger partial charge in [0, 0.05) is 50.3 Å². The number of hydrogen-bond acceptors (Lipinski definition) is 4. The van der Waals surface area contributed by atoms with Crippen molar-refractivity contribution in [3.05, 3.63) is 205 Å². The second kappa shape index (κ2) is 13.2. The summed E-state index contributed by atoms with van der Waals surface area (Å²) in [6.45, 7) is 4.69. The molecule has 0 N–H and O–H groups in total. The number of rotatable bonds is 6. The van der Waals surface area contributed by atoms with E-state index in [2.05, 4.69) is 176 Å². The Morgan fingerprint density at radius 1 is 0.433 bits per heavy atom. The van der Waals surface area contributed by atoms with Gasteiger partial charge < -0.3 is 13.7 Å². The van der Waals surface area contributed by atoms with E-state index in [0.717, 1.165) is 66.8 Å². The summed E-state index contributed by atoms with van der Waals surface area (Å²) in [5.41, 5.74) is 17.0. The average molecular weight is 771 g/mol. The molecule has 60 heavy (non-hydrogen) atoms. The fourth-order valence-electron chi connectivity index (χ4n) is 9.47. The van der Waals surface area contributed by atoms with E-state index in [-0.39, 0.29) is 5.41 Å². The molecule has 1 aliphatic rings. The highest BCUT2D eigenvalue weighted by molar-refractivity contribution is 6.12. The standard InChI is InChI=1S/C56H38N2O2/c1-56(2)48-21-10-8-18-44(48)45-30-29-41(32-49(45)56)58(51-22-11-9-17-42(51)39-24-23-35-13-6-7-16-38(35)31-39)40-27-25-36(26-28-40)43-19-12-20-46-47-33-53-50(34-52(47)59-54(43)46)57-55(60-53)37-14-4-3-5-15-37/h3-34H,1-2H3. The molecule has 0 atom stereocenters. The molecule has 12 rings (SSSR count). The van der Waals surface area contributed by atoms with E-state index in [1.807, 2.05) is 36.4 Å². The molecule has 2 aromatic heterocycles. The van der Waals surface area contributed by atoms with Crippen molar-refractivity contribution in [3.8, 4) is 44.8 Å². The summed E-state index contributed by atoms with van der Waals surface area (Å²) >= 11 is 0. The van der Waals surface area contributed by atoms with Crippen LogP contribution in [0.5, 0.6) is 0 Å². The average Bonchev–Trinajstić information content (AvgIpc) is 3.96. The first-order chi connectivity index (χ1) is 29.5. The number of hydrogen-bond donors (Lipinski definition) is 0. The third kappa shape index (κ3) is 5.34. The van der Waals surface area contributed by atoms with Crippen molar-refractivity contribution < 1.29 is 8.83 Å². The second-order valence-electron chi connectivity index (χ2n) is 16.3. The number of fused-ring (bicyclic) bond motifs is 8. The van der Waals surface area contributed by atoms with Gasteiger partial charge in [0.25, 0.3) is 0 Å². The molecule has 0 aliphatic heterocycles. The molecule has 4 nitrogen and oxygen atoms in total. The molecule has 9 aromatic carbocycles. The van der Waals surface area contributed by atoms with Crippen LogP contribution in [0.2, 0.25) is 0 Å². The second-order valence-corrected chi connectivity index (χ2v) is 16.3. The van der Waals surface area contributed by atoms with E-state index in [1.165, 1.54) is 44.2 Å². The van der Waals surface area contributed by atoms with Gasteiger partial charge in [0.05, 0.1) is 5.69 Å². The number of benzene rings is 9. The number of nitrogens with zero attached hydrogens (tertiary/aromatic N) is 2. The van der Waals surface area contributed by atoms with Gasteiger partial charge >= 0.3 is 0 Å². The lowest BCUT2D eigenvalue weighted by molar-refractivity contribution is 0.620. The fourth-order valence-corrected chi connectivity index (χ4v) is 9.47. The summed E-state index contributed by atoms with van der Waals surface area (Å²) in [6, 6.07) is 69.3. The molecule has 0 amide bonds. The normalized spacial score (nSPS) is 13.0. The Kier molecular flexibility index (Phi) is 7.54. The van der Waals surface area contributed by atoms with Gasteiger partial charge in [-0.25, -0.2) is 4.98 Å². The summed E-state index contributed by atoms with van der Waals surface area (Å²) in [6.07, 6.45) is 0. The van der Waals surface area contributed by atoms with Gasteiger partial charge in [0.1, 0.15) is 16.7 Å². The maximum atomic E-state index is 6.67. The van der Waals surface area contributed by atoms with Crippen LogP contribution < -0.4 is 4.90 Å². The van der Waals surface area contributed by atoms with Crippen molar-refractivity contribution in [2.45, 2.75) is 19.3 Å². The third-order valence-electron chi connectivity index (χ3n) is 12.5. The van der Waals surface area contributed by atoms with Gasteiger partial charge in [0.15, 0.2) is 5.58 Å². The molecule has 0 spiro atoms. The maximum absolute atomic E-state index is 6.67. The Morgan fingerprint density at radius 2 is 1.13 bits per heavy atom. The molecule has 4 heteroatoms. The van der Waals surface area contributed by atoms with Crippen LogP contribution in [-0.4, -0.2) is 4.98 Å². The minimum absolute atomic E-state index is 0.136. The highest BCUT2D eigenvalue weighted by Crippen LogP contribution is 2.51. The van der Waals surface area contributed by atoms with Crippen LogP contribution in [0.4, 0.5) is 17.1 Å². The lowest BCUT2D eigenvalue weighted by Crippen LogP contribution is -2.16. The zero-order chi connectivity index (χ0) is 40.0. The maximum Gasteiger partial charge on any atom is 0.227 e. The lowest BCUT2D eigenvalue weighted by atomic mass is 9.82. The van der Waals surface area contributed by atoms with Crippen LogP contribution in [-0.2, 0) is 5.41 Å². The van der Waals surface area contributed by atoms with Crippen molar-refractivity contribution in [1.82, 2.24) is 4.98 Å². The Bertz CT molecular complexity index is 3460. The number of oxazole rings is 1. The van der Waals surface area contributed by atoms with Crippen LogP contribution >= 0.6 is 0 Å². The zero-order valence-electron chi connectivity index (χ0n) is 33.2. The first-order valence-electron chi connectivity index (χ1n) is 20.5. The molecule has 0 radical (unpaired) electrons. The third-order valence-corrected chi connectivity index (χ3v) is 12.5. The molecular formula is C56H38N2O2. The molecule has 1 aliphatic carbocycles. The lowest BCUT2D eigenvalue weighted by Gasteiger charge is -2.30. The van der Waals surface area contributed by atoms with Gasteiger partial charge in [-0.3, -0.25) is 0 Å². The van der Waals surface area contributed by atoms with Gasteiger partial charge in [-0.2, -0.15) is 0 Å². The molecular weight excluding hydrogens is 733 g/mol. The van der Waals surface area contributed by atoms with Crippen LogP contribution in [0.15, 0.2) is 203 Å². The van der Waals surface area contributed by atoms with Crippen LogP contribution in [0.3, 0.4) is 0 Å². The highest BCUT2D eigenvalue weighted by Gasteiger charge is 2.36. The highest BCUT2D eigenvalue weighted by atomic mass is 16.4. The first kappa shape index (κ1) is 34.4. The summed E-state index contributed by atoms with van der Waals surface area (Å²) in [5.74, 6) is 0.603. The van der Waals surface area contributed by atoms with Crippen LogP contribution in [0, 0.1) is 0 Å². The Balaban J connectivity index is 0.984. The van der Waals surface area contributed by atoms with Gasteiger partial charge in [0.2, 0.25) is 5.89 Å². The Labute approximate surface area is 347 Å². The molecule has 0 bridgehead atoms. The van der Waals surface area contributed by atoms with Crippen molar-refractivity contribution in [2.75, 3.05) is 4.90 Å². The Morgan fingerprint density at radius 3 is 2.00 bits per heavy atom. The smallest absolute Gasteiger partial charge is 0.227 e. The van der Waals surface area contributed by atoms with Gasteiger partial charge in [-0.15, -0.1) is 0 Å². The van der Waals surface area contributed by atoms with E-state index in [9.17, 15) is 0 Å². The van der Waals surface area contributed by atoms with E-state index in [4.69, 9.17) is 13.8 Å². The molecule has 284 valence electrons. The van der Waals surface area contributed by atoms with E-state index >= 15 is 0 Å². The summed E-state index contributed by atoms with van der Waals surface area (Å²) < 4.78 is 12.9. The van der Waals surface area contributed by atoms with Gasteiger partial charge in [-0.05, 0) is 98.8 Å². The summed E-state index contributed by atoms with van der Waals surface area (Å²) in [5, 5.41) is 4.50. The monoisotopic (exact) mass is 770 g/mol. The quantitative estimate of drug-likeness (QED) is 0.169. The minimum atomic E-state index is -0.136. The zero-order valence-corrected chi connectivity index (χ0v) is 33.2. The predicted octanol–water partition coefficient (Wildman–Crippen LogP) is 15.7. The summed E-state index contributed by atoms with van der Waals surface area (Å²) in [7, 11) is 0. The number of para-hydroxylation sites is 2. The van der Waals surface area contributed by atoms with Crippen molar-refractivity contribution in [3.63, 3.8) is 0 Å². The van der Waals surface area contributed by atoms with E-state index in [1.54, 1.807) is 0 Å². The summed E-state index contributed by atoms with van der Waals surface area (Å²) in [4.78, 5) is 7.22. The molecule has 2 heterocycles. The SMILES string of the molecule is CC1(C)c2ccccc2-c2ccc(N(c3ccc(-c4cccc5c4oc4cc6nc(-c7ccccc7)oc6cc45)cc3)c3ccccc3-c3ccc4ccccc4c3)cc21. The van der Waals surface area contributed by atoms with Crippen molar-refractivity contribution in [2.24, 2.45) is 0 Å². The van der Waals surface area contributed by atoms with Crippen LogP contribution in [0.25, 0.3) is 88.6 Å². The first-order valence-corrected chi connectivity index (χ1v) is 20.5. The predicted molar refractivity (Wildman–Crippen MR) is 247 cm³/mol. The minimum Gasteiger partial charge on any atom is -0.455 e. The molecule has 0 unspecified atom stereocenters. The Hall–Kier alpha value is -7.69. The largest absolute Gasteiger partial charge is 0.455 e. The fraction of sp³-hybridized carbons (Fsp3) is 0.0536. The van der Waals surface area contributed by atoms with E-state index in [0.29, 0.717) is 5.89 Å². The van der Waals surface area contributed by atoms with Crippen LogP contribution in [0.1, 0.15) is 25.0 Å². The molecule has 11 aromatic rings. The van der Waals surface area contributed by atoms with Crippen molar-refractivity contribution >= 4 is 60.9 Å². The number of aromatic nitrogens is 1. The van der Waals surface area contributed by atoms with E-state index < -0.39 is 0 Å². The number of furan rings is 1. The molecule has 0 fully saturated rings. The molecule has 0 saturated heterocycles. The van der Waals surface area contributed by atoms with Crippen molar-refractivity contribution in [1.29, 1.82) is 0 Å². The molecule has 0 saturated carbocycles. The van der Waals surface area contributed by atoms with Gasteiger partial charge in [-0.1, -0.05) is 147 Å².